The van der Waals surface area contributed by atoms with Crippen molar-refractivity contribution in [2.45, 2.75) is 57.2 Å². The Hall–Kier alpha value is -2.65. The average Bonchev–Trinajstić information content (AvgIpc) is 2.94. The molecule has 1 aliphatic heterocycles. The quantitative estimate of drug-likeness (QED) is 0.303. The number of nitrogens with one attached hydrogen (secondary N) is 1. The number of aliphatic hydroxyl groups is 2. The summed E-state index contributed by atoms with van der Waals surface area (Å²) in [5.74, 6) is 1.23. The van der Waals surface area contributed by atoms with Gasteiger partial charge < -0.3 is 35.6 Å². The number of likely N-dealkylation sites (tertiary alicyclic amines) is 1. The number of hydrogen-bond acceptors (Lipinski definition) is 6. The van der Waals surface area contributed by atoms with Crippen molar-refractivity contribution >= 4 is 6.03 Å². The Morgan fingerprint density at radius 2 is 1.92 bits per heavy atom. The van der Waals surface area contributed by atoms with Gasteiger partial charge in [-0.2, -0.15) is 0 Å². The van der Waals surface area contributed by atoms with E-state index in [0.29, 0.717) is 31.9 Å². The summed E-state index contributed by atoms with van der Waals surface area (Å²) in [5, 5.41) is 24.9. The van der Waals surface area contributed by atoms with E-state index >= 15 is 0 Å². The molecule has 8 nitrogen and oxygen atoms in total. The Bertz CT molecular complexity index is 988. The molecule has 0 saturated carbocycles. The van der Waals surface area contributed by atoms with Crippen molar-refractivity contribution in [1.82, 2.24) is 10.2 Å². The molecule has 37 heavy (non-hydrogen) atoms. The molecular weight excluding hydrogens is 470 g/mol. The van der Waals surface area contributed by atoms with Gasteiger partial charge in [-0.1, -0.05) is 43.3 Å². The molecule has 0 bridgehead atoms. The van der Waals surface area contributed by atoms with Crippen molar-refractivity contribution in [3.8, 4) is 11.5 Å². The van der Waals surface area contributed by atoms with E-state index in [2.05, 4.69) is 12.2 Å². The number of nitrogens with zero attached hydrogens (tertiary/aromatic N) is 1. The Kier molecular flexibility index (Phi) is 11.2. The number of piperidine rings is 1. The number of para-hydroxylation sites is 2. The first kappa shape index (κ1) is 28.9. The molecule has 2 aromatic carbocycles. The van der Waals surface area contributed by atoms with Crippen LogP contribution >= 0.6 is 0 Å². The third kappa shape index (κ3) is 7.68. The maximum Gasteiger partial charge on any atom is 0.317 e. The van der Waals surface area contributed by atoms with Crippen LogP contribution in [0.15, 0.2) is 48.5 Å². The second-order valence-electron chi connectivity index (χ2n) is 9.79. The summed E-state index contributed by atoms with van der Waals surface area (Å²) in [5.41, 5.74) is 6.11. The second kappa shape index (κ2) is 14.3. The number of carbonyl (C=O) groups is 1. The van der Waals surface area contributed by atoms with Gasteiger partial charge in [0, 0.05) is 51.4 Å². The smallest absolute Gasteiger partial charge is 0.317 e. The average molecular weight is 514 g/mol. The molecule has 2 amide bonds. The molecular formula is C29H43N3O5. The number of methoxy groups -OCH3 is 1. The number of amides is 2. The molecule has 1 heterocycles. The van der Waals surface area contributed by atoms with Gasteiger partial charge in [0.2, 0.25) is 0 Å². The van der Waals surface area contributed by atoms with E-state index in [1.54, 1.807) is 12.0 Å². The van der Waals surface area contributed by atoms with Crippen LogP contribution in [0.1, 0.15) is 50.2 Å². The van der Waals surface area contributed by atoms with Crippen LogP contribution < -0.4 is 15.8 Å². The minimum atomic E-state index is -1.19. The number of aliphatic hydroxyl groups excluding tert-OH is 1. The maximum atomic E-state index is 12.8. The van der Waals surface area contributed by atoms with E-state index < -0.39 is 11.7 Å². The third-order valence-corrected chi connectivity index (χ3v) is 7.23. The molecule has 1 saturated heterocycles. The molecule has 1 aliphatic rings. The zero-order valence-electron chi connectivity index (χ0n) is 22.2. The number of ether oxygens (including phenoxy) is 2. The van der Waals surface area contributed by atoms with Crippen molar-refractivity contribution in [3.05, 3.63) is 59.7 Å². The Balaban J connectivity index is 1.89. The Morgan fingerprint density at radius 3 is 2.65 bits per heavy atom. The lowest BCUT2D eigenvalue weighted by atomic mass is 9.73. The van der Waals surface area contributed by atoms with E-state index in [1.165, 1.54) is 0 Å². The van der Waals surface area contributed by atoms with Crippen molar-refractivity contribution < 1.29 is 24.5 Å². The van der Waals surface area contributed by atoms with Gasteiger partial charge in [-0.25, -0.2) is 4.79 Å². The summed E-state index contributed by atoms with van der Waals surface area (Å²) in [6.45, 7) is 3.91. The number of aryl methyl sites for hydroxylation is 1. The Morgan fingerprint density at radius 1 is 1.19 bits per heavy atom. The number of benzene rings is 2. The van der Waals surface area contributed by atoms with Crippen LogP contribution in [0, 0.1) is 5.92 Å². The Labute approximate surface area is 220 Å². The normalized spacial score (nSPS) is 18.2. The first-order valence-corrected chi connectivity index (χ1v) is 13.4. The van der Waals surface area contributed by atoms with Gasteiger partial charge in [-0.3, -0.25) is 0 Å². The monoisotopic (exact) mass is 513 g/mol. The molecule has 0 aliphatic carbocycles. The molecule has 3 rings (SSSR count). The van der Waals surface area contributed by atoms with Gasteiger partial charge in [-0.15, -0.1) is 0 Å². The third-order valence-electron chi connectivity index (χ3n) is 7.23. The molecule has 3 atom stereocenters. The first-order valence-electron chi connectivity index (χ1n) is 13.4. The van der Waals surface area contributed by atoms with E-state index in [0.717, 1.165) is 49.0 Å². The van der Waals surface area contributed by atoms with Gasteiger partial charge in [0.05, 0.1) is 11.7 Å². The lowest BCUT2D eigenvalue weighted by Gasteiger charge is -2.43. The number of nitrogens with two attached hydrogens (primary N) is 1. The standard InChI is InChI=1S/C29H43N3O5/c1-3-22-11-4-6-14-26(22)37-27-15-7-5-13-25(27)29(35,16-8-9-18-36-2)23-12-10-17-32(21-23)28(34)31-20-24(33)19-30/h4-7,11,13-15,23-24,33,35H,3,8-10,12,16-21,30H2,1-2H3,(H,31,34). The summed E-state index contributed by atoms with van der Waals surface area (Å²) in [6, 6.07) is 15.4. The predicted molar refractivity (Wildman–Crippen MR) is 145 cm³/mol. The van der Waals surface area contributed by atoms with E-state index in [4.69, 9.17) is 15.2 Å². The van der Waals surface area contributed by atoms with Gasteiger partial charge >= 0.3 is 6.03 Å². The van der Waals surface area contributed by atoms with E-state index in [1.807, 2.05) is 48.5 Å². The van der Waals surface area contributed by atoms with Gasteiger partial charge in [0.15, 0.2) is 0 Å². The summed E-state index contributed by atoms with van der Waals surface area (Å²) in [4.78, 5) is 14.6. The largest absolute Gasteiger partial charge is 0.457 e. The fourth-order valence-corrected chi connectivity index (χ4v) is 5.08. The SMILES string of the molecule is CCc1ccccc1Oc1ccccc1C(O)(CCCCOC)C1CCCN(C(=O)NCC(O)CN)C1. The molecule has 3 unspecified atom stereocenters. The van der Waals surface area contributed by atoms with E-state index in [-0.39, 0.29) is 25.0 Å². The number of urea groups is 1. The molecule has 0 spiro atoms. The molecule has 204 valence electrons. The summed E-state index contributed by atoms with van der Waals surface area (Å²) < 4.78 is 11.7. The molecule has 2 aromatic rings. The molecule has 0 radical (unpaired) electrons. The van der Waals surface area contributed by atoms with Crippen molar-refractivity contribution in [2.75, 3.05) is 39.9 Å². The van der Waals surface area contributed by atoms with Gasteiger partial charge in [0.1, 0.15) is 11.5 Å². The van der Waals surface area contributed by atoms with Crippen molar-refractivity contribution in [3.63, 3.8) is 0 Å². The highest BCUT2D eigenvalue weighted by Gasteiger charge is 2.43. The highest BCUT2D eigenvalue weighted by molar-refractivity contribution is 5.74. The van der Waals surface area contributed by atoms with Crippen LogP contribution in [-0.4, -0.2) is 67.1 Å². The van der Waals surface area contributed by atoms with Crippen molar-refractivity contribution in [2.24, 2.45) is 11.7 Å². The highest BCUT2D eigenvalue weighted by atomic mass is 16.5. The van der Waals surface area contributed by atoms with Crippen LogP contribution in [0.3, 0.4) is 0 Å². The number of unbranched alkanes of at least 4 members (excludes halogenated alkanes) is 1. The summed E-state index contributed by atoms with van der Waals surface area (Å²) in [7, 11) is 1.68. The number of hydrogen-bond donors (Lipinski definition) is 4. The summed E-state index contributed by atoms with van der Waals surface area (Å²) >= 11 is 0. The van der Waals surface area contributed by atoms with Gasteiger partial charge in [-0.05, 0) is 56.2 Å². The maximum absolute atomic E-state index is 12.8. The lowest BCUT2D eigenvalue weighted by molar-refractivity contribution is -0.0575. The van der Waals surface area contributed by atoms with Crippen LogP contribution in [-0.2, 0) is 16.8 Å². The zero-order chi connectivity index (χ0) is 26.7. The van der Waals surface area contributed by atoms with Crippen LogP contribution in [0.4, 0.5) is 4.79 Å². The van der Waals surface area contributed by atoms with E-state index in [9.17, 15) is 15.0 Å². The highest BCUT2D eigenvalue weighted by Crippen LogP contribution is 2.44. The van der Waals surface area contributed by atoms with Crippen LogP contribution in [0.5, 0.6) is 11.5 Å². The fraction of sp³-hybridized carbons (Fsp3) is 0.552. The number of carbonyl (C=O) groups excluding carboxylic acids is 1. The minimum absolute atomic E-state index is 0.0854. The zero-order valence-corrected chi connectivity index (χ0v) is 22.2. The fourth-order valence-electron chi connectivity index (χ4n) is 5.08. The van der Waals surface area contributed by atoms with Crippen molar-refractivity contribution in [1.29, 1.82) is 0 Å². The molecule has 1 fully saturated rings. The molecule has 0 aromatic heterocycles. The minimum Gasteiger partial charge on any atom is -0.457 e. The predicted octanol–water partition coefficient (Wildman–Crippen LogP) is 3.79. The molecule has 8 heteroatoms. The first-order chi connectivity index (χ1) is 17.9. The van der Waals surface area contributed by atoms with Crippen LogP contribution in [0.2, 0.25) is 0 Å². The second-order valence-corrected chi connectivity index (χ2v) is 9.79. The summed E-state index contributed by atoms with van der Waals surface area (Å²) in [6.07, 6.45) is 3.75. The topological polar surface area (TPSA) is 117 Å². The van der Waals surface area contributed by atoms with Crippen LogP contribution in [0.25, 0.3) is 0 Å². The number of rotatable bonds is 13. The molecule has 5 N–H and O–H groups in total. The van der Waals surface area contributed by atoms with Gasteiger partial charge in [0.25, 0.3) is 0 Å². The lowest BCUT2D eigenvalue weighted by Crippen LogP contribution is -2.52.